The minimum absolute atomic E-state index is 0.133. The minimum Gasteiger partial charge on any atom is -0.308 e. The van der Waals surface area contributed by atoms with Gasteiger partial charge in [0.1, 0.15) is 0 Å². The Morgan fingerprint density at radius 2 is 2.05 bits per heavy atom. The highest BCUT2D eigenvalue weighted by Gasteiger charge is 2.09. The summed E-state index contributed by atoms with van der Waals surface area (Å²) in [6.07, 6.45) is 0. The van der Waals surface area contributed by atoms with E-state index >= 15 is 0 Å². The van der Waals surface area contributed by atoms with Crippen LogP contribution < -0.4 is 5.32 Å². The number of rotatable bonds is 6. The van der Waals surface area contributed by atoms with Crippen LogP contribution in [0.15, 0.2) is 36.4 Å². The summed E-state index contributed by atoms with van der Waals surface area (Å²) in [7, 11) is 2.10. The van der Waals surface area contributed by atoms with Crippen LogP contribution in [0.4, 0.5) is 0 Å². The first kappa shape index (κ1) is 16.2. The molecule has 19 heavy (non-hydrogen) atoms. The SMILES string of the molecule is C=C(CNC(C)(C)C)CN(C)Cc1cccc(Cl)c1. The fourth-order valence-corrected chi connectivity index (χ4v) is 2.04. The molecule has 0 saturated carbocycles. The quantitative estimate of drug-likeness (QED) is 0.799. The number of halogens is 1. The maximum absolute atomic E-state index is 5.99. The standard InChI is InChI=1S/C16H25ClN2/c1-13(10-18-16(2,3)4)11-19(5)12-14-7-6-8-15(17)9-14/h6-9,18H,1,10-12H2,2-5H3. The molecule has 0 aliphatic rings. The fourth-order valence-electron chi connectivity index (χ4n) is 1.83. The molecule has 2 nitrogen and oxygen atoms in total. The van der Waals surface area contributed by atoms with E-state index in [-0.39, 0.29) is 5.54 Å². The summed E-state index contributed by atoms with van der Waals surface area (Å²) >= 11 is 5.99. The Balaban J connectivity index is 2.38. The summed E-state index contributed by atoms with van der Waals surface area (Å²) in [4.78, 5) is 2.25. The van der Waals surface area contributed by atoms with Gasteiger partial charge in [-0.3, -0.25) is 4.90 Å². The van der Waals surface area contributed by atoms with Gasteiger partial charge in [-0.25, -0.2) is 0 Å². The van der Waals surface area contributed by atoms with E-state index in [1.807, 2.05) is 18.2 Å². The average Bonchev–Trinajstić information content (AvgIpc) is 2.25. The van der Waals surface area contributed by atoms with Crippen LogP contribution in [0.25, 0.3) is 0 Å². The summed E-state index contributed by atoms with van der Waals surface area (Å²) in [6, 6.07) is 7.99. The smallest absolute Gasteiger partial charge is 0.0409 e. The Kier molecular flexibility index (Phi) is 6.05. The third-order valence-corrected chi connectivity index (χ3v) is 2.94. The lowest BCUT2D eigenvalue weighted by atomic mass is 10.1. The van der Waals surface area contributed by atoms with Gasteiger partial charge in [0.2, 0.25) is 0 Å². The molecular weight excluding hydrogens is 256 g/mol. The van der Waals surface area contributed by atoms with Crippen molar-refractivity contribution in [1.82, 2.24) is 10.2 Å². The van der Waals surface area contributed by atoms with Gasteiger partial charge in [0.25, 0.3) is 0 Å². The van der Waals surface area contributed by atoms with Crippen LogP contribution >= 0.6 is 11.6 Å². The molecule has 1 aromatic rings. The van der Waals surface area contributed by atoms with Crippen LogP contribution in [0.5, 0.6) is 0 Å². The largest absolute Gasteiger partial charge is 0.308 e. The van der Waals surface area contributed by atoms with Gasteiger partial charge in [0.15, 0.2) is 0 Å². The molecule has 0 aliphatic heterocycles. The highest BCUT2D eigenvalue weighted by molar-refractivity contribution is 6.30. The Morgan fingerprint density at radius 1 is 1.37 bits per heavy atom. The van der Waals surface area contributed by atoms with Gasteiger partial charge in [-0.2, -0.15) is 0 Å². The summed E-state index contributed by atoms with van der Waals surface area (Å²) in [5, 5.41) is 4.24. The molecule has 1 rings (SSSR count). The first-order valence-corrected chi connectivity index (χ1v) is 6.99. The molecule has 1 aromatic carbocycles. The molecule has 0 unspecified atom stereocenters. The van der Waals surface area contributed by atoms with Crippen molar-refractivity contribution in [3.8, 4) is 0 Å². The van der Waals surface area contributed by atoms with Crippen molar-refractivity contribution >= 4 is 11.6 Å². The first-order chi connectivity index (χ1) is 8.76. The molecule has 0 aliphatic carbocycles. The third-order valence-electron chi connectivity index (χ3n) is 2.70. The molecule has 106 valence electrons. The van der Waals surface area contributed by atoms with Gasteiger partial charge in [-0.15, -0.1) is 0 Å². The number of benzene rings is 1. The molecule has 1 N–H and O–H groups in total. The lowest BCUT2D eigenvalue weighted by Crippen LogP contribution is -2.38. The highest BCUT2D eigenvalue weighted by Crippen LogP contribution is 2.12. The minimum atomic E-state index is 0.133. The summed E-state index contributed by atoms with van der Waals surface area (Å²) in [6.45, 7) is 13.2. The molecule has 0 amide bonds. The van der Waals surface area contributed by atoms with E-state index in [2.05, 4.69) is 50.7 Å². The van der Waals surface area contributed by atoms with E-state index in [4.69, 9.17) is 11.6 Å². The van der Waals surface area contributed by atoms with Crippen molar-refractivity contribution in [2.75, 3.05) is 20.1 Å². The Hall–Kier alpha value is -0.830. The van der Waals surface area contributed by atoms with Crippen LogP contribution in [-0.4, -0.2) is 30.6 Å². The van der Waals surface area contributed by atoms with E-state index in [0.29, 0.717) is 0 Å². The predicted octanol–water partition coefficient (Wildman–Crippen LogP) is 3.72. The number of hydrogen-bond acceptors (Lipinski definition) is 2. The van der Waals surface area contributed by atoms with Gasteiger partial charge in [0.05, 0.1) is 0 Å². The lowest BCUT2D eigenvalue weighted by Gasteiger charge is -2.23. The summed E-state index contributed by atoms with van der Waals surface area (Å²) in [5.74, 6) is 0. The molecule has 0 fully saturated rings. The molecule has 0 atom stereocenters. The Bertz CT molecular complexity index is 421. The summed E-state index contributed by atoms with van der Waals surface area (Å²) in [5.41, 5.74) is 2.56. The van der Waals surface area contributed by atoms with Crippen molar-refractivity contribution in [1.29, 1.82) is 0 Å². The summed E-state index contributed by atoms with van der Waals surface area (Å²) < 4.78 is 0. The second-order valence-electron chi connectivity index (χ2n) is 6.16. The van der Waals surface area contributed by atoms with E-state index < -0.39 is 0 Å². The molecule has 3 heteroatoms. The van der Waals surface area contributed by atoms with Crippen molar-refractivity contribution < 1.29 is 0 Å². The molecule has 0 radical (unpaired) electrons. The van der Waals surface area contributed by atoms with Gasteiger partial charge in [-0.1, -0.05) is 30.3 Å². The molecule has 0 heterocycles. The zero-order chi connectivity index (χ0) is 14.5. The molecule has 0 bridgehead atoms. The van der Waals surface area contributed by atoms with E-state index in [9.17, 15) is 0 Å². The van der Waals surface area contributed by atoms with Crippen LogP contribution in [0, 0.1) is 0 Å². The highest BCUT2D eigenvalue weighted by atomic mass is 35.5. The normalized spacial score (nSPS) is 11.9. The third kappa shape index (κ3) is 7.36. The van der Waals surface area contributed by atoms with Crippen LogP contribution in [0.3, 0.4) is 0 Å². The van der Waals surface area contributed by atoms with Crippen LogP contribution in [0.1, 0.15) is 26.3 Å². The van der Waals surface area contributed by atoms with Gasteiger partial charge < -0.3 is 5.32 Å². The van der Waals surface area contributed by atoms with Gasteiger partial charge in [0, 0.05) is 30.2 Å². The van der Waals surface area contributed by atoms with Crippen molar-refractivity contribution in [2.45, 2.75) is 32.9 Å². The second-order valence-corrected chi connectivity index (χ2v) is 6.59. The second kappa shape index (κ2) is 7.09. The molecule has 0 aromatic heterocycles. The molecule has 0 saturated heterocycles. The monoisotopic (exact) mass is 280 g/mol. The average molecular weight is 281 g/mol. The maximum Gasteiger partial charge on any atom is 0.0409 e. The van der Waals surface area contributed by atoms with Gasteiger partial charge >= 0.3 is 0 Å². The molecular formula is C16H25ClN2. The predicted molar refractivity (Wildman–Crippen MR) is 84.7 cm³/mol. The zero-order valence-electron chi connectivity index (χ0n) is 12.5. The Labute approximate surface area is 122 Å². The van der Waals surface area contributed by atoms with E-state index in [1.165, 1.54) is 11.1 Å². The van der Waals surface area contributed by atoms with Crippen LogP contribution in [-0.2, 0) is 6.54 Å². The van der Waals surface area contributed by atoms with Crippen molar-refractivity contribution in [3.63, 3.8) is 0 Å². The number of nitrogens with one attached hydrogen (secondary N) is 1. The fraction of sp³-hybridized carbons (Fsp3) is 0.500. The van der Waals surface area contributed by atoms with Crippen molar-refractivity contribution in [2.24, 2.45) is 0 Å². The topological polar surface area (TPSA) is 15.3 Å². The zero-order valence-corrected chi connectivity index (χ0v) is 13.2. The Morgan fingerprint density at radius 3 is 2.63 bits per heavy atom. The molecule has 0 spiro atoms. The first-order valence-electron chi connectivity index (χ1n) is 6.61. The number of nitrogens with zero attached hydrogens (tertiary/aromatic N) is 1. The number of likely N-dealkylation sites (N-methyl/N-ethyl adjacent to an activating group) is 1. The maximum atomic E-state index is 5.99. The van der Waals surface area contributed by atoms with Crippen molar-refractivity contribution in [3.05, 3.63) is 47.0 Å². The van der Waals surface area contributed by atoms with E-state index in [0.717, 1.165) is 24.7 Å². The van der Waals surface area contributed by atoms with E-state index in [1.54, 1.807) is 0 Å². The van der Waals surface area contributed by atoms with Crippen LogP contribution in [0.2, 0.25) is 5.02 Å². The lowest BCUT2D eigenvalue weighted by molar-refractivity contribution is 0.346. The van der Waals surface area contributed by atoms with Gasteiger partial charge in [-0.05, 0) is 51.1 Å². The number of hydrogen-bond donors (Lipinski definition) is 1.